The van der Waals surface area contributed by atoms with Crippen LogP contribution in [0.5, 0.6) is 0 Å². The van der Waals surface area contributed by atoms with Crippen molar-refractivity contribution >= 4 is 40.9 Å². The number of hydrogen-bond donors (Lipinski definition) is 2. The van der Waals surface area contributed by atoms with E-state index in [-0.39, 0.29) is 76.8 Å². The number of carbonyl (C=O) groups excluding carboxylic acids is 2. The molecule has 33 heavy (non-hydrogen) atoms. The number of likely N-dealkylation sites (tertiary alicyclic amines) is 1. The number of hydrogen-bond acceptors (Lipinski definition) is 6. The van der Waals surface area contributed by atoms with Crippen molar-refractivity contribution in [3.05, 3.63) is 49.9 Å². The number of carboxylic acids is 1. The Labute approximate surface area is 198 Å². The number of nitrogens with zero attached hydrogens (tertiary/aromatic N) is 1. The largest absolute Gasteiger partial charge is 0.481 e. The molecule has 2 N–H and O–H groups in total. The minimum absolute atomic E-state index is 0.0377. The van der Waals surface area contributed by atoms with Crippen molar-refractivity contribution in [2.75, 3.05) is 6.54 Å². The summed E-state index contributed by atoms with van der Waals surface area (Å²) in [6.07, 6.45) is 1.09. The van der Waals surface area contributed by atoms with Crippen LogP contribution >= 0.6 is 23.1 Å². The van der Waals surface area contributed by atoms with Crippen LogP contribution in [-0.2, 0) is 14.4 Å². The Morgan fingerprint density at radius 2 is 1.82 bits per heavy atom. The Morgan fingerprint density at radius 3 is 2.52 bits per heavy atom. The molecule has 7 atom stereocenters. The molecule has 3 fully saturated rings. The van der Waals surface area contributed by atoms with E-state index in [0.29, 0.717) is 0 Å². The average molecular weight is 485 g/mol. The number of aromatic nitrogens is 1. The van der Waals surface area contributed by atoms with Gasteiger partial charge in [0.05, 0.1) is 16.9 Å². The van der Waals surface area contributed by atoms with Gasteiger partial charge in [0.2, 0.25) is 11.8 Å². The number of carboxylic acid groups (broad SMARTS) is 1. The lowest BCUT2D eigenvalue weighted by atomic mass is 9.68. The van der Waals surface area contributed by atoms with E-state index in [4.69, 9.17) is 5.11 Å². The van der Waals surface area contributed by atoms with Crippen LogP contribution < -0.4 is 4.87 Å². The third-order valence-electron chi connectivity index (χ3n) is 8.02. The van der Waals surface area contributed by atoms with Gasteiger partial charge in [0.15, 0.2) is 0 Å². The summed E-state index contributed by atoms with van der Waals surface area (Å²) in [5.41, 5.74) is 2.33. The molecule has 2 saturated carbocycles. The molecule has 4 aliphatic rings. The maximum absolute atomic E-state index is 13.4. The molecular formula is C24H24N2O5S2. The summed E-state index contributed by atoms with van der Waals surface area (Å²) < 4.78 is 0. The Balaban J connectivity index is 1.37. The second-order valence-corrected chi connectivity index (χ2v) is 11.9. The van der Waals surface area contributed by atoms with Crippen molar-refractivity contribution in [1.29, 1.82) is 0 Å². The SMILES string of the molecule is Cc1ccc([C@H]2c3sc(=O)[nH]c3S[C@@H]3[C@@H]4C[C@@H]([C@H]5C(=O)N(CCCC(=O)O)C(=O)[C@H]45)[C@@H]23)cc1. The number of H-pyrrole nitrogens is 1. The molecule has 0 spiro atoms. The van der Waals surface area contributed by atoms with Gasteiger partial charge in [-0.15, -0.1) is 11.8 Å². The van der Waals surface area contributed by atoms with E-state index in [2.05, 4.69) is 29.2 Å². The molecule has 0 radical (unpaired) electrons. The van der Waals surface area contributed by atoms with Gasteiger partial charge in [0, 0.05) is 29.0 Å². The molecule has 2 aliphatic heterocycles. The van der Waals surface area contributed by atoms with Crippen LogP contribution in [-0.4, -0.2) is 44.6 Å². The fourth-order valence-corrected chi connectivity index (χ4v) is 9.72. The molecule has 172 valence electrons. The normalized spacial score (nSPS) is 33.8. The number of aliphatic carboxylic acids is 1. The fraction of sp³-hybridized carbons (Fsp3) is 0.500. The van der Waals surface area contributed by atoms with E-state index in [9.17, 15) is 19.2 Å². The third kappa shape index (κ3) is 3.08. The molecule has 6 rings (SSSR count). The maximum atomic E-state index is 13.4. The highest BCUT2D eigenvalue weighted by Crippen LogP contribution is 2.68. The standard InChI is InChI=1S/C24H24N2O5S2/c1-10-4-6-11(7-5-10)15-16-12-9-13(19(16)32-21-20(15)33-24(31)25-21)18-17(12)22(29)26(23(18)30)8-2-3-14(27)28/h4-7,12-13,15-19H,2-3,8-9H2,1H3,(H,25,31)(H,27,28)/t12-,13-,15-,16+,17-,18-,19-/m1/s1. The maximum Gasteiger partial charge on any atom is 0.305 e. The zero-order chi connectivity index (χ0) is 23.0. The van der Waals surface area contributed by atoms with E-state index >= 15 is 0 Å². The highest BCUT2D eigenvalue weighted by molar-refractivity contribution is 8.00. The van der Waals surface area contributed by atoms with Gasteiger partial charge in [0.25, 0.3) is 0 Å². The Bertz CT molecular complexity index is 1220. The topological polar surface area (TPSA) is 108 Å². The van der Waals surface area contributed by atoms with Crippen molar-refractivity contribution < 1.29 is 19.5 Å². The molecule has 9 heteroatoms. The van der Waals surface area contributed by atoms with Crippen LogP contribution in [0.25, 0.3) is 0 Å². The van der Waals surface area contributed by atoms with Crippen LogP contribution in [0.2, 0.25) is 0 Å². The zero-order valence-corrected chi connectivity index (χ0v) is 19.7. The van der Waals surface area contributed by atoms with Gasteiger partial charge in [-0.1, -0.05) is 41.2 Å². The van der Waals surface area contributed by atoms with Crippen LogP contribution in [0.3, 0.4) is 0 Å². The first-order chi connectivity index (χ1) is 15.8. The lowest BCUT2D eigenvalue weighted by molar-refractivity contribution is -0.142. The molecule has 1 saturated heterocycles. The van der Waals surface area contributed by atoms with Crippen LogP contribution in [0.15, 0.2) is 34.1 Å². The van der Waals surface area contributed by atoms with Gasteiger partial charge < -0.3 is 10.1 Å². The van der Waals surface area contributed by atoms with Gasteiger partial charge in [0.1, 0.15) is 0 Å². The lowest BCUT2D eigenvalue weighted by Crippen LogP contribution is -2.42. The molecule has 2 aromatic rings. The van der Waals surface area contributed by atoms with Crippen LogP contribution in [0.4, 0.5) is 0 Å². The number of imide groups is 1. The number of aromatic amines is 1. The van der Waals surface area contributed by atoms with Gasteiger partial charge in [-0.25, -0.2) is 0 Å². The first-order valence-electron chi connectivity index (χ1n) is 11.4. The minimum atomic E-state index is -0.919. The highest BCUT2D eigenvalue weighted by Gasteiger charge is 2.69. The number of aryl methyl sites for hydroxylation is 1. The predicted molar refractivity (Wildman–Crippen MR) is 123 cm³/mol. The summed E-state index contributed by atoms with van der Waals surface area (Å²) in [7, 11) is 0. The molecular weight excluding hydrogens is 460 g/mol. The molecule has 3 heterocycles. The molecule has 7 nitrogen and oxygen atoms in total. The lowest BCUT2D eigenvalue weighted by Gasteiger charge is -2.43. The quantitative estimate of drug-likeness (QED) is 0.632. The number of fused-ring (bicyclic) bond motifs is 9. The van der Waals surface area contributed by atoms with Crippen LogP contribution in [0, 0.1) is 36.5 Å². The second kappa shape index (κ2) is 7.56. The van der Waals surface area contributed by atoms with Gasteiger partial charge in [-0.3, -0.25) is 24.1 Å². The monoisotopic (exact) mass is 484 g/mol. The molecule has 2 bridgehead atoms. The first kappa shape index (κ1) is 21.2. The van der Waals surface area contributed by atoms with Crippen LogP contribution in [0.1, 0.15) is 41.2 Å². The van der Waals surface area contributed by atoms with Gasteiger partial charge in [-0.2, -0.15) is 0 Å². The molecule has 0 unspecified atom stereocenters. The summed E-state index contributed by atoms with van der Waals surface area (Å²) in [6, 6.07) is 8.44. The van der Waals surface area contributed by atoms with E-state index < -0.39 is 5.97 Å². The van der Waals surface area contributed by atoms with E-state index in [1.807, 2.05) is 6.92 Å². The summed E-state index contributed by atoms with van der Waals surface area (Å²) in [5, 5.41) is 10.0. The first-order valence-corrected chi connectivity index (χ1v) is 13.1. The number of benzene rings is 1. The number of amides is 2. The molecule has 2 amide bonds. The van der Waals surface area contributed by atoms with Crippen molar-refractivity contribution in [2.24, 2.45) is 29.6 Å². The number of nitrogens with one attached hydrogen (secondary N) is 1. The summed E-state index contributed by atoms with van der Waals surface area (Å²) in [5.74, 6) is -1.38. The number of thioether (sulfide) groups is 1. The van der Waals surface area contributed by atoms with Gasteiger partial charge >= 0.3 is 10.8 Å². The number of thiazole rings is 1. The second-order valence-electron chi connectivity index (χ2n) is 9.70. The number of rotatable bonds is 5. The van der Waals surface area contributed by atoms with E-state index in [0.717, 1.165) is 21.9 Å². The van der Waals surface area contributed by atoms with Crippen molar-refractivity contribution in [1.82, 2.24) is 9.88 Å². The van der Waals surface area contributed by atoms with Gasteiger partial charge in [-0.05, 0) is 43.1 Å². The molecule has 1 aromatic heterocycles. The van der Waals surface area contributed by atoms with E-state index in [1.165, 1.54) is 21.8 Å². The van der Waals surface area contributed by atoms with Crippen molar-refractivity contribution in [2.45, 2.75) is 42.4 Å². The van der Waals surface area contributed by atoms with Crippen molar-refractivity contribution in [3.8, 4) is 0 Å². The minimum Gasteiger partial charge on any atom is -0.481 e. The Morgan fingerprint density at radius 1 is 1.12 bits per heavy atom. The Hall–Kier alpha value is -2.39. The predicted octanol–water partition coefficient (Wildman–Crippen LogP) is 3.08. The molecule has 2 aliphatic carbocycles. The fourth-order valence-electron chi connectivity index (χ4n) is 6.83. The summed E-state index contributed by atoms with van der Waals surface area (Å²) in [4.78, 5) is 55.1. The third-order valence-corrected chi connectivity index (χ3v) is 10.6. The highest BCUT2D eigenvalue weighted by atomic mass is 32.2. The average Bonchev–Trinajstić information content (AvgIpc) is 3.49. The van der Waals surface area contributed by atoms with E-state index in [1.54, 1.807) is 11.8 Å². The Kier molecular flexibility index (Phi) is 4.85. The summed E-state index contributed by atoms with van der Waals surface area (Å²) in [6.45, 7) is 2.23. The molecule has 1 aromatic carbocycles. The summed E-state index contributed by atoms with van der Waals surface area (Å²) >= 11 is 2.95. The van der Waals surface area contributed by atoms with Crippen molar-refractivity contribution in [3.63, 3.8) is 0 Å². The zero-order valence-electron chi connectivity index (χ0n) is 18.0. The smallest absolute Gasteiger partial charge is 0.305 e. The number of carbonyl (C=O) groups is 3.